The Morgan fingerprint density at radius 1 is 1.45 bits per heavy atom. The van der Waals surface area contributed by atoms with Crippen molar-refractivity contribution in [3.05, 3.63) is 57.0 Å². The summed E-state index contributed by atoms with van der Waals surface area (Å²) in [7, 11) is 1.71. The molecule has 0 saturated carbocycles. The summed E-state index contributed by atoms with van der Waals surface area (Å²) in [5.41, 5.74) is 2.13. The largest absolute Gasteiger partial charge is 0.336 e. The summed E-state index contributed by atoms with van der Waals surface area (Å²) in [6.45, 7) is 2.34. The van der Waals surface area contributed by atoms with Crippen molar-refractivity contribution in [2.75, 3.05) is 7.05 Å². The molecular formula is C14H13BrClN3O. The van der Waals surface area contributed by atoms with Gasteiger partial charge in [-0.25, -0.2) is 4.98 Å². The minimum atomic E-state index is -0.188. The van der Waals surface area contributed by atoms with Crippen LogP contribution in [0.4, 0.5) is 0 Å². The first-order chi connectivity index (χ1) is 9.47. The molecule has 2 aromatic rings. The Morgan fingerprint density at radius 3 is 2.90 bits per heavy atom. The molecule has 0 unspecified atom stereocenters. The van der Waals surface area contributed by atoms with Crippen molar-refractivity contribution < 1.29 is 4.79 Å². The monoisotopic (exact) mass is 353 g/mol. The Kier molecular flexibility index (Phi) is 4.73. The second-order valence-electron chi connectivity index (χ2n) is 4.42. The summed E-state index contributed by atoms with van der Waals surface area (Å²) >= 11 is 9.25. The molecule has 6 heteroatoms. The van der Waals surface area contributed by atoms with Crippen LogP contribution in [0.1, 0.15) is 21.7 Å². The highest BCUT2D eigenvalue weighted by atomic mass is 79.9. The standard InChI is InChI=1S/C14H13BrClN3O/c1-9-4-3-5-11(18-9)8-19(2)14(20)12-6-10(15)7-17-13(12)16/h3-7H,8H2,1-2H3. The van der Waals surface area contributed by atoms with E-state index in [0.717, 1.165) is 11.4 Å². The van der Waals surface area contributed by atoms with Crippen LogP contribution in [0.5, 0.6) is 0 Å². The summed E-state index contributed by atoms with van der Waals surface area (Å²) in [6.07, 6.45) is 1.56. The Balaban J connectivity index is 2.18. The number of halogens is 2. The van der Waals surface area contributed by atoms with Crippen molar-refractivity contribution in [2.45, 2.75) is 13.5 Å². The molecule has 0 aliphatic heterocycles. The van der Waals surface area contributed by atoms with Crippen LogP contribution in [-0.4, -0.2) is 27.8 Å². The molecule has 0 atom stereocenters. The van der Waals surface area contributed by atoms with E-state index in [1.165, 1.54) is 0 Å². The summed E-state index contributed by atoms with van der Waals surface area (Å²) in [4.78, 5) is 22.3. The Labute approximate surface area is 130 Å². The fraction of sp³-hybridized carbons (Fsp3) is 0.214. The van der Waals surface area contributed by atoms with Crippen LogP contribution in [0.25, 0.3) is 0 Å². The summed E-state index contributed by atoms with van der Waals surface area (Å²) in [6, 6.07) is 7.39. The van der Waals surface area contributed by atoms with Gasteiger partial charge in [0.2, 0.25) is 0 Å². The van der Waals surface area contributed by atoms with Crippen molar-refractivity contribution in [3.63, 3.8) is 0 Å². The first-order valence-electron chi connectivity index (χ1n) is 5.96. The van der Waals surface area contributed by atoms with Gasteiger partial charge in [-0.3, -0.25) is 9.78 Å². The summed E-state index contributed by atoms with van der Waals surface area (Å²) < 4.78 is 0.715. The number of amides is 1. The van der Waals surface area contributed by atoms with Crippen LogP contribution in [0.15, 0.2) is 34.9 Å². The van der Waals surface area contributed by atoms with Gasteiger partial charge in [0.25, 0.3) is 5.91 Å². The van der Waals surface area contributed by atoms with Gasteiger partial charge in [0.05, 0.1) is 17.8 Å². The second-order valence-corrected chi connectivity index (χ2v) is 5.70. The lowest BCUT2D eigenvalue weighted by atomic mass is 10.2. The Morgan fingerprint density at radius 2 is 2.20 bits per heavy atom. The van der Waals surface area contributed by atoms with Crippen LogP contribution >= 0.6 is 27.5 Å². The van der Waals surface area contributed by atoms with E-state index in [1.807, 2.05) is 25.1 Å². The summed E-state index contributed by atoms with van der Waals surface area (Å²) in [5, 5.41) is 0.197. The maximum Gasteiger partial charge on any atom is 0.257 e. The van der Waals surface area contributed by atoms with Gasteiger partial charge < -0.3 is 4.90 Å². The van der Waals surface area contributed by atoms with Crippen LogP contribution < -0.4 is 0 Å². The van der Waals surface area contributed by atoms with E-state index in [-0.39, 0.29) is 11.1 Å². The normalized spacial score (nSPS) is 10.4. The molecule has 0 spiro atoms. The number of nitrogens with zero attached hydrogens (tertiary/aromatic N) is 3. The van der Waals surface area contributed by atoms with Crippen molar-refractivity contribution in [1.82, 2.24) is 14.9 Å². The van der Waals surface area contributed by atoms with Gasteiger partial charge in [0.1, 0.15) is 5.15 Å². The first-order valence-corrected chi connectivity index (χ1v) is 7.13. The molecule has 104 valence electrons. The topological polar surface area (TPSA) is 46.1 Å². The number of rotatable bonds is 3. The first kappa shape index (κ1) is 14.9. The van der Waals surface area contributed by atoms with E-state index in [1.54, 1.807) is 24.2 Å². The van der Waals surface area contributed by atoms with Gasteiger partial charge >= 0.3 is 0 Å². The molecule has 2 aromatic heterocycles. The van der Waals surface area contributed by atoms with Gasteiger partial charge in [-0.2, -0.15) is 0 Å². The molecule has 0 aliphatic rings. The molecule has 0 fully saturated rings. The molecule has 0 radical (unpaired) electrons. The lowest BCUT2D eigenvalue weighted by Crippen LogP contribution is -2.27. The maximum atomic E-state index is 12.4. The smallest absolute Gasteiger partial charge is 0.257 e. The molecular weight excluding hydrogens is 342 g/mol. The molecule has 2 rings (SSSR count). The molecule has 20 heavy (non-hydrogen) atoms. The molecule has 0 bridgehead atoms. The molecule has 0 aromatic carbocycles. The molecule has 0 aliphatic carbocycles. The van der Waals surface area contributed by atoms with Crippen LogP contribution in [0, 0.1) is 6.92 Å². The van der Waals surface area contributed by atoms with Crippen molar-refractivity contribution in [1.29, 1.82) is 0 Å². The van der Waals surface area contributed by atoms with Crippen molar-refractivity contribution in [2.24, 2.45) is 0 Å². The van der Waals surface area contributed by atoms with E-state index < -0.39 is 0 Å². The number of carbonyl (C=O) groups is 1. The zero-order chi connectivity index (χ0) is 14.7. The number of aryl methyl sites for hydroxylation is 1. The number of aromatic nitrogens is 2. The predicted molar refractivity (Wildman–Crippen MR) is 81.7 cm³/mol. The second kappa shape index (κ2) is 6.33. The van der Waals surface area contributed by atoms with Crippen LogP contribution in [-0.2, 0) is 6.54 Å². The third-order valence-electron chi connectivity index (χ3n) is 2.73. The third kappa shape index (κ3) is 3.55. The van der Waals surface area contributed by atoms with E-state index in [4.69, 9.17) is 11.6 Å². The zero-order valence-electron chi connectivity index (χ0n) is 11.1. The van der Waals surface area contributed by atoms with Gasteiger partial charge in [0, 0.05) is 23.4 Å². The number of carbonyl (C=O) groups excluding carboxylic acids is 1. The van der Waals surface area contributed by atoms with E-state index in [0.29, 0.717) is 16.6 Å². The van der Waals surface area contributed by atoms with Gasteiger partial charge in [-0.05, 0) is 41.1 Å². The SMILES string of the molecule is Cc1cccc(CN(C)C(=O)c2cc(Br)cnc2Cl)n1. The third-order valence-corrected chi connectivity index (χ3v) is 3.46. The Bertz CT molecular complexity index is 648. The lowest BCUT2D eigenvalue weighted by Gasteiger charge is -2.17. The molecule has 0 N–H and O–H groups in total. The van der Waals surface area contributed by atoms with Gasteiger partial charge in [-0.15, -0.1) is 0 Å². The van der Waals surface area contributed by atoms with Crippen molar-refractivity contribution in [3.8, 4) is 0 Å². The fourth-order valence-corrected chi connectivity index (χ4v) is 2.30. The number of pyridine rings is 2. The highest BCUT2D eigenvalue weighted by Gasteiger charge is 2.17. The highest BCUT2D eigenvalue weighted by molar-refractivity contribution is 9.10. The highest BCUT2D eigenvalue weighted by Crippen LogP contribution is 2.20. The predicted octanol–water partition coefficient (Wildman–Crippen LogP) is 3.47. The van der Waals surface area contributed by atoms with Gasteiger partial charge in [-0.1, -0.05) is 17.7 Å². The van der Waals surface area contributed by atoms with E-state index >= 15 is 0 Å². The van der Waals surface area contributed by atoms with Crippen LogP contribution in [0.2, 0.25) is 5.15 Å². The van der Waals surface area contributed by atoms with Crippen LogP contribution in [0.3, 0.4) is 0 Å². The number of hydrogen-bond donors (Lipinski definition) is 0. The molecule has 4 nitrogen and oxygen atoms in total. The average Bonchev–Trinajstić information content (AvgIpc) is 2.40. The molecule has 2 heterocycles. The molecule has 0 saturated heterocycles. The molecule has 1 amide bonds. The van der Waals surface area contributed by atoms with Crippen molar-refractivity contribution >= 4 is 33.4 Å². The average molecular weight is 355 g/mol. The zero-order valence-corrected chi connectivity index (χ0v) is 13.4. The van der Waals surface area contributed by atoms with E-state index in [2.05, 4.69) is 25.9 Å². The Hall–Kier alpha value is -1.46. The minimum Gasteiger partial charge on any atom is -0.336 e. The summed E-state index contributed by atoms with van der Waals surface area (Å²) in [5.74, 6) is -0.188. The number of hydrogen-bond acceptors (Lipinski definition) is 3. The van der Waals surface area contributed by atoms with Gasteiger partial charge in [0.15, 0.2) is 0 Å². The lowest BCUT2D eigenvalue weighted by molar-refractivity contribution is 0.0783. The minimum absolute atomic E-state index is 0.188. The maximum absolute atomic E-state index is 12.4. The fourth-order valence-electron chi connectivity index (χ4n) is 1.78. The van der Waals surface area contributed by atoms with E-state index in [9.17, 15) is 4.79 Å². The quantitative estimate of drug-likeness (QED) is 0.793.